The highest BCUT2D eigenvalue weighted by molar-refractivity contribution is 5.80. The van der Waals surface area contributed by atoms with Crippen LogP contribution in [-0.2, 0) is 19.1 Å². The lowest BCUT2D eigenvalue weighted by Gasteiger charge is -2.28. The van der Waals surface area contributed by atoms with Crippen LogP contribution in [0.4, 0.5) is 0 Å². The van der Waals surface area contributed by atoms with Gasteiger partial charge in [-0.25, -0.2) is 0 Å². The molecule has 24 heavy (non-hydrogen) atoms. The van der Waals surface area contributed by atoms with Crippen molar-refractivity contribution in [2.75, 3.05) is 52.5 Å². The Bertz CT molecular complexity index is 455. The van der Waals surface area contributed by atoms with Crippen LogP contribution in [0.15, 0.2) is 0 Å². The van der Waals surface area contributed by atoms with Gasteiger partial charge in [0.2, 0.25) is 17.7 Å². The zero-order valence-corrected chi connectivity index (χ0v) is 14.7. The van der Waals surface area contributed by atoms with Gasteiger partial charge in [-0.05, 0) is 26.2 Å². The van der Waals surface area contributed by atoms with E-state index in [2.05, 4.69) is 0 Å². The maximum Gasteiger partial charge on any atom is 0.248 e. The minimum atomic E-state index is -0.00920. The Morgan fingerprint density at radius 3 is 2.33 bits per heavy atom. The van der Waals surface area contributed by atoms with Crippen molar-refractivity contribution in [3.05, 3.63) is 0 Å². The van der Waals surface area contributed by atoms with E-state index < -0.39 is 0 Å². The highest BCUT2D eigenvalue weighted by atomic mass is 16.5. The Hall–Kier alpha value is -1.63. The van der Waals surface area contributed by atoms with Crippen LogP contribution in [0.1, 0.15) is 39.0 Å². The van der Waals surface area contributed by atoms with Crippen LogP contribution in [0.25, 0.3) is 0 Å². The summed E-state index contributed by atoms with van der Waals surface area (Å²) >= 11 is 0. The Balaban J connectivity index is 1.75. The molecule has 0 unspecified atom stereocenters. The predicted octanol–water partition coefficient (Wildman–Crippen LogP) is 0.486. The zero-order chi connectivity index (χ0) is 17.4. The largest absolute Gasteiger partial charge is 0.372 e. The summed E-state index contributed by atoms with van der Waals surface area (Å²) in [5.74, 6) is 0.232. The van der Waals surface area contributed by atoms with E-state index in [1.165, 1.54) is 0 Å². The first kappa shape index (κ1) is 18.7. The van der Waals surface area contributed by atoms with E-state index in [0.717, 1.165) is 25.8 Å². The highest BCUT2D eigenvalue weighted by Crippen LogP contribution is 2.12. The average molecular weight is 339 g/mol. The SMILES string of the molecule is CCOCC(=O)N1CCCN(C(=O)CCN2CCCCC2=O)CC1. The predicted molar refractivity (Wildman–Crippen MR) is 89.3 cm³/mol. The number of carbonyl (C=O) groups is 3. The molecular formula is C17H29N3O4. The monoisotopic (exact) mass is 339 g/mol. The van der Waals surface area contributed by atoms with Crippen LogP contribution in [0.5, 0.6) is 0 Å². The van der Waals surface area contributed by atoms with Crippen molar-refractivity contribution < 1.29 is 19.1 Å². The molecule has 0 bridgehead atoms. The van der Waals surface area contributed by atoms with Gasteiger partial charge in [0, 0.05) is 58.7 Å². The smallest absolute Gasteiger partial charge is 0.248 e. The highest BCUT2D eigenvalue weighted by Gasteiger charge is 2.23. The van der Waals surface area contributed by atoms with Crippen molar-refractivity contribution in [2.24, 2.45) is 0 Å². The van der Waals surface area contributed by atoms with Crippen LogP contribution in [-0.4, -0.2) is 84.9 Å². The van der Waals surface area contributed by atoms with E-state index in [0.29, 0.717) is 52.2 Å². The normalized spacial score (nSPS) is 19.4. The number of piperidine rings is 1. The fraction of sp³-hybridized carbons (Fsp3) is 0.824. The number of hydrogen-bond acceptors (Lipinski definition) is 4. The molecule has 2 saturated heterocycles. The van der Waals surface area contributed by atoms with Crippen LogP contribution in [0.3, 0.4) is 0 Å². The molecule has 0 aromatic carbocycles. The lowest BCUT2D eigenvalue weighted by molar-refractivity contribution is -0.138. The topological polar surface area (TPSA) is 70.2 Å². The maximum atomic E-state index is 12.4. The van der Waals surface area contributed by atoms with Crippen molar-refractivity contribution in [2.45, 2.75) is 39.0 Å². The molecule has 2 aliphatic rings. The first-order chi connectivity index (χ1) is 11.6. The number of nitrogens with zero attached hydrogens (tertiary/aromatic N) is 3. The Morgan fingerprint density at radius 1 is 0.958 bits per heavy atom. The van der Waals surface area contributed by atoms with Crippen molar-refractivity contribution >= 4 is 17.7 Å². The van der Waals surface area contributed by atoms with Gasteiger partial charge in [0.05, 0.1) is 0 Å². The summed E-state index contributed by atoms with van der Waals surface area (Å²) in [6.45, 7) is 6.24. The number of ether oxygens (including phenoxy) is 1. The van der Waals surface area contributed by atoms with Crippen molar-refractivity contribution in [1.82, 2.24) is 14.7 Å². The minimum Gasteiger partial charge on any atom is -0.372 e. The Labute approximate surface area is 143 Å². The molecule has 0 aromatic heterocycles. The molecule has 0 aliphatic carbocycles. The third-order valence-corrected chi connectivity index (χ3v) is 4.65. The Morgan fingerprint density at radius 2 is 1.67 bits per heavy atom. The number of hydrogen-bond donors (Lipinski definition) is 0. The summed E-state index contributed by atoms with van der Waals surface area (Å²) in [5.41, 5.74) is 0. The lowest BCUT2D eigenvalue weighted by Crippen LogP contribution is -2.41. The molecule has 0 N–H and O–H groups in total. The zero-order valence-electron chi connectivity index (χ0n) is 14.7. The molecular weight excluding hydrogens is 310 g/mol. The molecule has 136 valence electrons. The van der Waals surface area contributed by atoms with Crippen molar-refractivity contribution in [1.29, 1.82) is 0 Å². The maximum absolute atomic E-state index is 12.4. The molecule has 2 aliphatic heterocycles. The summed E-state index contributed by atoms with van der Waals surface area (Å²) in [7, 11) is 0. The first-order valence-electron chi connectivity index (χ1n) is 9.03. The number of carbonyl (C=O) groups excluding carboxylic acids is 3. The van der Waals surface area contributed by atoms with E-state index in [9.17, 15) is 14.4 Å². The molecule has 0 radical (unpaired) electrons. The second-order valence-corrected chi connectivity index (χ2v) is 6.34. The summed E-state index contributed by atoms with van der Waals surface area (Å²) in [6.07, 6.45) is 3.75. The van der Waals surface area contributed by atoms with Crippen molar-refractivity contribution in [3.63, 3.8) is 0 Å². The van der Waals surface area contributed by atoms with E-state index in [1.807, 2.05) is 11.8 Å². The third-order valence-electron chi connectivity index (χ3n) is 4.65. The molecule has 7 heteroatoms. The van der Waals surface area contributed by atoms with Crippen LogP contribution in [0.2, 0.25) is 0 Å². The van der Waals surface area contributed by atoms with E-state index in [-0.39, 0.29) is 24.3 Å². The Kier molecular flexibility index (Phi) is 7.49. The minimum absolute atomic E-state index is 0.00920. The lowest BCUT2D eigenvalue weighted by atomic mass is 10.1. The van der Waals surface area contributed by atoms with Gasteiger partial charge >= 0.3 is 0 Å². The quantitative estimate of drug-likeness (QED) is 0.706. The van der Waals surface area contributed by atoms with Gasteiger partial charge in [0.1, 0.15) is 6.61 Å². The van der Waals surface area contributed by atoms with Gasteiger partial charge in [-0.15, -0.1) is 0 Å². The summed E-state index contributed by atoms with van der Waals surface area (Å²) in [5, 5.41) is 0. The molecule has 7 nitrogen and oxygen atoms in total. The second kappa shape index (κ2) is 9.61. The number of rotatable bonds is 6. The van der Waals surface area contributed by atoms with Crippen LogP contribution in [0, 0.1) is 0 Å². The second-order valence-electron chi connectivity index (χ2n) is 6.34. The van der Waals surface area contributed by atoms with E-state index >= 15 is 0 Å². The molecule has 0 aromatic rings. The first-order valence-corrected chi connectivity index (χ1v) is 9.03. The third kappa shape index (κ3) is 5.47. The van der Waals surface area contributed by atoms with Crippen LogP contribution < -0.4 is 0 Å². The standard InChI is InChI=1S/C17H29N3O4/c1-2-24-14-17(23)20-10-5-9-19(12-13-20)16(22)7-11-18-8-4-3-6-15(18)21/h2-14H2,1H3. The van der Waals surface area contributed by atoms with Gasteiger partial charge in [-0.3, -0.25) is 14.4 Å². The summed E-state index contributed by atoms with van der Waals surface area (Å²) in [4.78, 5) is 41.6. The molecule has 2 rings (SSSR count). The van der Waals surface area contributed by atoms with Crippen LogP contribution >= 0.6 is 0 Å². The van der Waals surface area contributed by atoms with Crippen molar-refractivity contribution in [3.8, 4) is 0 Å². The fourth-order valence-electron chi connectivity index (χ4n) is 3.18. The van der Waals surface area contributed by atoms with E-state index in [4.69, 9.17) is 4.74 Å². The molecule has 2 fully saturated rings. The van der Waals surface area contributed by atoms with E-state index in [1.54, 1.807) is 9.80 Å². The molecule has 0 saturated carbocycles. The van der Waals surface area contributed by atoms with Gasteiger partial charge in [-0.1, -0.05) is 0 Å². The molecule has 2 heterocycles. The van der Waals surface area contributed by atoms with Gasteiger partial charge < -0.3 is 19.4 Å². The molecule has 3 amide bonds. The molecule has 0 spiro atoms. The number of likely N-dealkylation sites (tertiary alicyclic amines) is 1. The summed E-state index contributed by atoms with van der Waals surface area (Å²) in [6, 6.07) is 0. The molecule has 0 atom stereocenters. The van der Waals surface area contributed by atoms with Gasteiger partial charge in [0.15, 0.2) is 0 Å². The summed E-state index contributed by atoms with van der Waals surface area (Å²) < 4.78 is 5.17. The average Bonchev–Trinajstić information content (AvgIpc) is 2.85. The number of amides is 3. The van der Waals surface area contributed by atoms with Gasteiger partial charge in [-0.2, -0.15) is 0 Å². The van der Waals surface area contributed by atoms with Gasteiger partial charge in [0.25, 0.3) is 0 Å². The fourth-order valence-corrected chi connectivity index (χ4v) is 3.18.